The lowest BCUT2D eigenvalue weighted by atomic mass is 10.2. The van der Waals surface area contributed by atoms with Gasteiger partial charge in [-0.25, -0.2) is 4.79 Å². The van der Waals surface area contributed by atoms with Crippen LogP contribution >= 0.6 is 0 Å². The van der Waals surface area contributed by atoms with Gasteiger partial charge in [0.25, 0.3) is 0 Å². The topological polar surface area (TPSA) is 101 Å². The zero-order valence-corrected chi connectivity index (χ0v) is 12.4. The number of hydrogen-bond acceptors (Lipinski definition) is 5. The number of amides is 1. The van der Waals surface area contributed by atoms with Gasteiger partial charge in [-0.3, -0.25) is 4.99 Å². The van der Waals surface area contributed by atoms with Crippen LogP contribution in [0.1, 0.15) is 0 Å². The molecule has 8 heteroatoms. The lowest BCUT2D eigenvalue weighted by molar-refractivity contribution is -0.0937. The third-order valence-electron chi connectivity index (χ3n) is 3.12. The number of methoxy groups -OCH3 is 2. The Balaban J connectivity index is 2.22. The van der Waals surface area contributed by atoms with Crippen molar-refractivity contribution >= 4 is 17.6 Å². The first-order chi connectivity index (χ1) is 10.6. The maximum atomic E-state index is 10.9. The molecule has 1 heterocycles. The number of benzene rings is 1. The lowest BCUT2D eigenvalue weighted by Crippen LogP contribution is -2.46. The van der Waals surface area contributed by atoms with Gasteiger partial charge in [0, 0.05) is 14.2 Å². The van der Waals surface area contributed by atoms with Crippen LogP contribution in [0.5, 0.6) is 5.75 Å². The van der Waals surface area contributed by atoms with Crippen LogP contribution < -0.4 is 15.4 Å². The Bertz CT molecular complexity index is 545. The van der Waals surface area contributed by atoms with E-state index in [1.54, 1.807) is 6.07 Å². The number of hydrogen-bond donors (Lipinski definition) is 3. The Labute approximate surface area is 128 Å². The summed E-state index contributed by atoms with van der Waals surface area (Å²) in [6.07, 6.45) is -1.65. The van der Waals surface area contributed by atoms with Crippen LogP contribution in [-0.2, 0) is 9.47 Å². The molecule has 1 aliphatic heterocycles. The molecule has 0 radical (unpaired) electrons. The highest BCUT2D eigenvalue weighted by molar-refractivity contribution is 6.02. The van der Waals surface area contributed by atoms with E-state index in [2.05, 4.69) is 15.6 Å². The Morgan fingerprint density at radius 1 is 1.50 bits per heavy atom. The molecule has 3 N–H and O–H groups in total. The minimum Gasteiger partial charge on any atom is -0.489 e. The Morgan fingerprint density at radius 3 is 2.91 bits per heavy atom. The average Bonchev–Trinajstić information content (AvgIpc) is 2.68. The number of carboxylic acid groups (broad SMARTS) is 1. The van der Waals surface area contributed by atoms with Crippen molar-refractivity contribution in [1.29, 1.82) is 0 Å². The first-order valence-electron chi connectivity index (χ1n) is 6.72. The molecule has 1 aromatic rings. The summed E-state index contributed by atoms with van der Waals surface area (Å²) < 4.78 is 15.8. The second-order valence-electron chi connectivity index (χ2n) is 4.56. The molecule has 1 aromatic carbocycles. The van der Waals surface area contributed by atoms with E-state index in [9.17, 15) is 4.79 Å². The molecule has 0 fully saturated rings. The standard InChI is InChI=1S/C14H19N3O5/c1-20-12(21-2)7-15-13-10(17-14(18)19)8-22-11-6-4-3-5-9(11)16-13/h3-6,10,12,17H,7-8H2,1-2H3,(H,15,16)(H,18,19). The second kappa shape index (κ2) is 7.62. The van der Waals surface area contributed by atoms with Crippen molar-refractivity contribution in [3.8, 4) is 5.75 Å². The molecule has 0 spiro atoms. The summed E-state index contributed by atoms with van der Waals surface area (Å²) in [4.78, 5) is 15.3. The quantitative estimate of drug-likeness (QED) is 0.705. The van der Waals surface area contributed by atoms with E-state index in [1.807, 2.05) is 18.2 Å². The van der Waals surface area contributed by atoms with Gasteiger partial charge >= 0.3 is 6.09 Å². The zero-order chi connectivity index (χ0) is 15.9. The summed E-state index contributed by atoms with van der Waals surface area (Å²) in [5.74, 6) is 1.09. The smallest absolute Gasteiger partial charge is 0.405 e. The molecular weight excluding hydrogens is 290 g/mol. The van der Waals surface area contributed by atoms with Gasteiger partial charge in [0.05, 0.1) is 12.2 Å². The molecule has 1 atom stereocenters. The first-order valence-corrected chi connectivity index (χ1v) is 6.72. The SMILES string of the molecule is COC(CN=C1Nc2ccccc2OCC1NC(=O)O)OC. The van der Waals surface area contributed by atoms with Crippen molar-refractivity contribution in [2.45, 2.75) is 12.3 Å². The van der Waals surface area contributed by atoms with E-state index in [0.717, 1.165) is 5.69 Å². The summed E-state index contributed by atoms with van der Waals surface area (Å²) >= 11 is 0. The van der Waals surface area contributed by atoms with Crippen LogP contribution in [0, 0.1) is 0 Å². The summed E-state index contributed by atoms with van der Waals surface area (Å²) in [6.45, 7) is 0.370. The average molecular weight is 309 g/mol. The number of fused-ring (bicyclic) bond motifs is 1. The number of carbonyl (C=O) groups is 1. The van der Waals surface area contributed by atoms with Gasteiger partial charge in [0.15, 0.2) is 6.29 Å². The third kappa shape index (κ3) is 4.09. The normalized spacial score (nSPS) is 19.0. The van der Waals surface area contributed by atoms with Crippen LogP contribution in [0.4, 0.5) is 10.5 Å². The number of nitrogens with one attached hydrogen (secondary N) is 2. The van der Waals surface area contributed by atoms with Gasteiger partial charge in [0.2, 0.25) is 0 Å². The number of nitrogens with zero attached hydrogens (tertiary/aromatic N) is 1. The van der Waals surface area contributed by atoms with Gasteiger partial charge < -0.3 is 30.0 Å². The molecule has 0 saturated carbocycles. The summed E-state index contributed by atoms with van der Waals surface area (Å²) in [5.41, 5.74) is 0.724. The largest absolute Gasteiger partial charge is 0.489 e. The fourth-order valence-electron chi connectivity index (χ4n) is 2.00. The Hall–Kier alpha value is -2.32. The number of amidine groups is 1. The van der Waals surface area contributed by atoms with Crippen molar-refractivity contribution in [1.82, 2.24) is 5.32 Å². The molecular formula is C14H19N3O5. The zero-order valence-electron chi connectivity index (χ0n) is 12.4. The van der Waals surface area contributed by atoms with Gasteiger partial charge in [-0.1, -0.05) is 12.1 Å². The van der Waals surface area contributed by atoms with Gasteiger partial charge in [-0.05, 0) is 12.1 Å². The molecule has 0 bridgehead atoms. The van der Waals surface area contributed by atoms with Crippen molar-refractivity contribution in [2.75, 3.05) is 32.7 Å². The highest BCUT2D eigenvalue weighted by atomic mass is 16.7. The summed E-state index contributed by atoms with van der Waals surface area (Å²) in [7, 11) is 3.03. The van der Waals surface area contributed by atoms with E-state index in [4.69, 9.17) is 19.3 Å². The monoisotopic (exact) mass is 309 g/mol. The van der Waals surface area contributed by atoms with Crippen LogP contribution in [0.25, 0.3) is 0 Å². The summed E-state index contributed by atoms with van der Waals surface area (Å²) in [5, 5.41) is 14.5. The van der Waals surface area contributed by atoms with Crippen LogP contribution in [0.3, 0.4) is 0 Å². The molecule has 0 aromatic heterocycles. The Kier molecular flexibility index (Phi) is 5.56. The number of anilines is 1. The van der Waals surface area contributed by atoms with Crippen molar-refractivity contribution in [2.24, 2.45) is 4.99 Å². The fraction of sp³-hybridized carbons (Fsp3) is 0.429. The van der Waals surface area contributed by atoms with E-state index in [1.165, 1.54) is 14.2 Å². The number of ether oxygens (including phenoxy) is 3. The van der Waals surface area contributed by atoms with Crippen LogP contribution in [-0.4, -0.2) is 56.7 Å². The molecule has 0 aliphatic carbocycles. The number of rotatable bonds is 5. The van der Waals surface area contributed by atoms with E-state index < -0.39 is 18.4 Å². The van der Waals surface area contributed by atoms with E-state index in [0.29, 0.717) is 11.6 Å². The van der Waals surface area contributed by atoms with Gasteiger partial charge in [-0.15, -0.1) is 0 Å². The maximum Gasteiger partial charge on any atom is 0.405 e. The molecule has 1 amide bonds. The molecule has 1 aliphatic rings. The number of para-hydroxylation sites is 2. The third-order valence-corrected chi connectivity index (χ3v) is 3.12. The van der Waals surface area contributed by atoms with E-state index in [-0.39, 0.29) is 13.2 Å². The molecule has 8 nitrogen and oxygen atoms in total. The van der Waals surface area contributed by atoms with Gasteiger partial charge in [0.1, 0.15) is 24.2 Å². The van der Waals surface area contributed by atoms with Crippen molar-refractivity contribution < 1.29 is 24.1 Å². The lowest BCUT2D eigenvalue weighted by Gasteiger charge is -2.18. The first kappa shape index (κ1) is 16.1. The molecule has 0 saturated heterocycles. The highest BCUT2D eigenvalue weighted by Gasteiger charge is 2.24. The molecule has 120 valence electrons. The van der Waals surface area contributed by atoms with E-state index >= 15 is 0 Å². The fourth-order valence-corrected chi connectivity index (χ4v) is 2.00. The second-order valence-corrected chi connectivity index (χ2v) is 4.56. The number of aliphatic imine (C=N–C) groups is 1. The predicted molar refractivity (Wildman–Crippen MR) is 80.6 cm³/mol. The molecule has 1 unspecified atom stereocenters. The van der Waals surface area contributed by atoms with Crippen LogP contribution in [0.15, 0.2) is 29.3 Å². The van der Waals surface area contributed by atoms with Crippen LogP contribution in [0.2, 0.25) is 0 Å². The highest BCUT2D eigenvalue weighted by Crippen LogP contribution is 2.26. The minimum atomic E-state index is -1.15. The molecule has 2 rings (SSSR count). The minimum absolute atomic E-state index is 0.139. The Morgan fingerprint density at radius 2 is 2.23 bits per heavy atom. The molecule has 22 heavy (non-hydrogen) atoms. The van der Waals surface area contributed by atoms with Crippen molar-refractivity contribution in [3.63, 3.8) is 0 Å². The van der Waals surface area contributed by atoms with Gasteiger partial charge in [-0.2, -0.15) is 0 Å². The predicted octanol–water partition coefficient (Wildman–Crippen LogP) is 1.14. The summed E-state index contributed by atoms with van der Waals surface area (Å²) in [6, 6.07) is 6.71. The van der Waals surface area contributed by atoms with Crippen molar-refractivity contribution in [3.05, 3.63) is 24.3 Å². The maximum absolute atomic E-state index is 10.9.